The Bertz CT molecular complexity index is 1930. The smallest absolute Gasteiger partial charge is 0.328 e. The first kappa shape index (κ1) is 58.8. The molecular formula is C40H66N14O14. The number of hydrogen-bond acceptors (Lipinski definition) is 16. The molecule has 0 saturated carbocycles. The largest absolute Gasteiger partial charge is 0.508 e. The molecule has 28 heteroatoms. The second-order valence-corrected chi connectivity index (χ2v) is 15.7. The Hall–Kier alpha value is -7.17. The van der Waals surface area contributed by atoms with Gasteiger partial charge in [-0.1, -0.05) is 18.6 Å². The van der Waals surface area contributed by atoms with Gasteiger partial charge in [-0.3, -0.25) is 48.1 Å². The Kier molecular flexibility index (Phi) is 26.1. The molecular weight excluding hydrogens is 901 g/mol. The van der Waals surface area contributed by atoms with Crippen LogP contribution in [0.4, 0.5) is 0 Å². The number of aliphatic hydroxyl groups excluding tert-OH is 2. The predicted molar refractivity (Wildman–Crippen MR) is 240 cm³/mol. The van der Waals surface area contributed by atoms with Crippen LogP contribution in [0.25, 0.3) is 0 Å². The Labute approximate surface area is 390 Å². The molecule has 1 aromatic rings. The van der Waals surface area contributed by atoms with E-state index < -0.39 is 139 Å². The Balaban J connectivity index is 3.43. The molecule has 0 aliphatic carbocycles. The molecule has 0 aromatic heterocycles. The average Bonchev–Trinajstić information content (AvgIpc) is 3.26. The summed E-state index contributed by atoms with van der Waals surface area (Å²) >= 11 is 0. The van der Waals surface area contributed by atoms with Crippen LogP contribution in [0, 0.1) is 0 Å². The number of rotatable bonds is 32. The second-order valence-electron chi connectivity index (χ2n) is 15.7. The summed E-state index contributed by atoms with van der Waals surface area (Å²) in [6, 6.07) is -7.22. The number of nitrogens with zero attached hydrogens (tertiary/aromatic N) is 1. The highest BCUT2D eigenvalue weighted by Gasteiger charge is 2.35. The van der Waals surface area contributed by atoms with Crippen LogP contribution in [0.3, 0.4) is 0 Å². The van der Waals surface area contributed by atoms with Crippen LogP contribution >= 0.6 is 0 Å². The van der Waals surface area contributed by atoms with E-state index in [1.165, 1.54) is 31.2 Å². The minimum Gasteiger partial charge on any atom is -0.508 e. The zero-order chi connectivity index (χ0) is 51.7. The van der Waals surface area contributed by atoms with Gasteiger partial charge in [-0.15, -0.1) is 0 Å². The lowest BCUT2D eigenvalue weighted by atomic mass is 10.0. The monoisotopic (exact) mass is 966 g/mol. The molecule has 0 aliphatic rings. The minimum absolute atomic E-state index is 0.00123. The summed E-state index contributed by atoms with van der Waals surface area (Å²) in [5.74, 6) is -11.5. The Morgan fingerprint density at radius 3 is 1.65 bits per heavy atom. The van der Waals surface area contributed by atoms with Crippen molar-refractivity contribution < 1.29 is 68.4 Å². The molecule has 0 bridgehead atoms. The average molecular weight is 967 g/mol. The van der Waals surface area contributed by atoms with Crippen molar-refractivity contribution in [1.29, 1.82) is 0 Å². The molecule has 0 unspecified atom stereocenters. The van der Waals surface area contributed by atoms with Gasteiger partial charge in [0.15, 0.2) is 12.0 Å². The maximum absolute atomic E-state index is 14.0. The minimum atomic E-state index is -1.89. The van der Waals surface area contributed by atoms with Gasteiger partial charge in [-0.05, 0) is 70.2 Å². The van der Waals surface area contributed by atoms with Gasteiger partial charge in [0.25, 0.3) is 0 Å². The summed E-state index contributed by atoms with van der Waals surface area (Å²) in [6.45, 7) is 1.66. The van der Waals surface area contributed by atoms with Gasteiger partial charge in [-0.2, -0.15) is 0 Å². The van der Waals surface area contributed by atoms with E-state index in [9.17, 15) is 68.4 Å². The molecule has 1 aromatic carbocycles. The summed E-state index contributed by atoms with van der Waals surface area (Å²) in [4.78, 5) is 133. The number of aliphatic carboxylic acids is 1. The molecule has 1 rings (SSSR count). The van der Waals surface area contributed by atoms with Gasteiger partial charge in [-0.25, -0.2) is 4.79 Å². The van der Waals surface area contributed by atoms with Gasteiger partial charge in [0, 0.05) is 19.4 Å². The topological polar surface area (TPSA) is 504 Å². The lowest BCUT2D eigenvalue weighted by molar-refractivity contribution is -0.145. The molecule has 0 radical (unpaired) electrons. The van der Waals surface area contributed by atoms with E-state index in [1.54, 1.807) is 0 Å². The molecule has 0 heterocycles. The van der Waals surface area contributed by atoms with Crippen molar-refractivity contribution >= 4 is 65.1 Å². The van der Waals surface area contributed by atoms with Gasteiger partial charge >= 0.3 is 5.97 Å². The van der Waals surface area contributed by atoms with Crippen molar-refractivity contribution in [3.63, 3.8) is 0 Å². The summed E-state index contributed by atoms with van der Waals surface area (Å²) in [5, 5.41) is 55.3. The highest BCUT2D eigenvalue weighted by Crippen LogP contribution is 2.13. The number of aliphatic imine (C=N–C) groups is 1. The highest BCUT2D eigenvalue weighted by atomic mass is 16.4. The molecule has 68 heavy (non-hydrogen) atoms. The van der Waals surface area contributed by atoms with Gasteiger partial charge < -0.3 is 92.0 Å². The van der Waals surface area contributed by atoms with E-state index in [0.717, 1.165) is 6.92 Å². The standard InChI is InChI=1S/C40H66N14O14/c1-19(48-33(61)23(42)6-3-4-14-41)32(60)53-28(18-55)38(66)50-25(12-13-29(43)58)35(63)52-27(17-30(44)59)36(64)49-24(7-5-15-47-40(45)46)34(62)51-26(16-21-8-10-22(57)11-9-21)37(65)54-31(20(2)56)39(67)68/h8-11,19-20,23-28,31,55-57H,3-7,12-18,41-42H2,1-2H3,(H2,43,58)(H2,44,59)(H,48,61)(H,49,64)(H,50,66)(H,51,62)(H,52,63)(H,53,60)(H,54,65)(H,67,68)(H4,45,46,47)/t19-,20+,23-,24-,25-,26-,27-,28-,31-/m0/s1. The number of aliphatic hydroxyl groups is 2. The number of carbonyl (C=O) groups excluding carboxylic acids is 9. The van der Waals surface area contributed by atoms with E-state index in [1.807, 2.05) is 0 Å². The van der Waals surface area contributed by atoms with Crippen LogP contribution in [-0.4, -0.2) is 160 Å². The number of unbranched alkanes of at least 4 members (excludes halogenated alkanes) is 1. The fourth-order valence-corrected chi connectivity index (χ4v) is 6.06. The zero-order valence-electron chi connectivity index (χ0n) is 37.8. The molecule has 0 fully saturated rings. The van der Waals surface area contributed by atoms with Crippen LogP contribution in [0.2, 0.25) is 0 Å². The van der Waals surface area contributed by atoms with Crippen molar-refractivity contribution in [3.05, 3.63) is 29.8 Å². The first-order valence-electron chi connectivity index (χ1n) is 21.4. The summed E-state index contributed by atoms with van der Waals surface area (Å²) in [7, 11) is 0. The Morgan fingerprint density at radius 1 is 0.618 bits per heavy atom. The maximum Gasteiger partial charge on any atom is 0.328 e. The molecule has 28 nitrogen and oxygen atoms in total. The maximum atomic E-state index is 14.0. The number of phenolic OH excluding ortho intramolecular Hbond substituents is 1. The zero-order valence-corrected chi connectivity index (χ0v) is 37.8. The number of primary amides is 2. The third kappa shape index (κ3) is 22.3. The SMILES string of the molecule is C[C@H](NC(=O)[C@@H](N)CCCCN)C(=O)N[C@@H](CO)C(=O)N[C@@H](CCC(N)=O)C(=O)N[C@@H](CC(N)=O)C(=O)N[C@@H](CCCN=C(N)N)C(=O)N[C@@H](Cc1ccc(O)cc1)C(=O)N[C@H](C(=O)O)[C@@H](C)O. The van der Waals surface area contributed by atoms with Gasteiger partial charge in [0.05, 0.1) is 25.2 Å². The van der Waals surface area contributed by atoms with Gasteiger partial charge in [0.2, 0.25) is 53.2 Å². The van der Waals surface area contributed by atoms with Gasteiger partial charge in [0.1, 0.15) is 42.0 Å². The van der Waals surface area contributed by atoms with Crippen molar-refractivity contribution in [3.8, 4) is 5.75 Å². The molecule has 9 amide bonds. The van der Waals surface area contributed by atoms with E-state index >= 15 is 0 Å². The number of hydrogen-bond donors (Lipinski definition) is 17. The lowest BCUT2D eigenvalue weighted by Gasteiger charge is -2.27. The first-order chi connectivity index (χ1) is 31.9. The molecule has 23 N–H and O–H groups in total. The third-order valence-electron chi connectivity index (χ3n) is 9.86. The molecule has 9 atom stereocenters. The first-order valence-corrected chi connectivity index (χ1v) is 21.4. The van der Waals surface area contributed by atoms with Crippen LogP contribution < -0.4 is 71.6 Å². The van der Waals surface area contributed by atoms with E-state index in [-0.39, 0.29) is 43.9 Å². The van der Waals surface area contributed by atoms with Crippen molar-refractivity contribution in [2.75, 3.05) is 19.7 Å². The third-order valence-corrected chi connectivity index (χ3v) is 9.86. The molecule has 380 valence electrons. The molecule has 0 aliphatic heterocycles. The number of guanidine groups is 1. The number of aromatic hydroxyl groups is 1. The summed E-state index contributed by atoms with van der Waals surface area (Å²) < 4.78 is 0. The number of phenols is 1. The van der Waals surface area contributed by atoms with E-state index in [4.69, 9.17) is 34.4 Å². The number of carboxylic acids is 1. The fourth-order valence-electron chi connectivity index (χ4n) is 6.06. The summed E-state index contributed by atoms with van der Waals surface area (Å²) in [6.07, 6.45) is -2.67. The number of carboxylic acid groups (broad SMARTS) is 1. The predicted octanol–water partition coefficient (Wildman–Crippen LogP) is -7.54. The molecule has 0 saturated heterocycles. The van der Waals surface area contributed by atoms with Crippen molar-refractivity contribution in [1.82, 2.24) is 37.2 Å². The number of benzene rings is 1. The van der Waals surface area contributed by atoms with Crippen molar-refractivity contribution in [2.24, 2.45) is 39.4 Å². The van der Waals surface area contributed by atoms with E-state index in [0.29, 0.717) is 24.9 Å². The number of nitrogens with two attached hydrogens (primary N) is 6. The number of carbonyl (C=O) groups is 10. The van der Waals surface area contributed by atoms with E-state index in [2.05, 4.69) is 42.2 Å². The van der Waals surface area contributed by atoms with Crippen LogP contribution in [0.1, 0.15) is 70.8 Å². The number of nitrogens with one attached hydrogen (secondary N) is 7. The number of amides is 9. The van der Waals surface area contributed by atoms with Crippen molar-refractivity contribution in [2.45, 2.75) is 126 Å². The Morgan fingerprint density at radius 2 is 1.13 bits per heavy atom. The van der Waals surface area contributed by atoms with Crippen LogP contribution in [0.5, 0.6) is 5.75 Å². The normalized spacial score (nSPS) is 14.9. The summed E-state index contributed by atoms with van der Waals surface area (Å²) in [5.41, 5.74) is 33.2. The van der Waals surface area contributed by atoms with Crippen LogP contribution in [-0.2, 0) is 54.4 Å². The van der Waals surface area contributed by atoms with Crippen LogP contribution in [0.15, 0.2) is 29.3 Å². The quantitative estimate of drug-likeness (QED) is 0.0181. The highest BCUT2D eigenvalue weighted by molar-refractivity contribution is 5.99. The second kappa shape index (κ2) is 30.2. The fraction of sp³-hybridized carbons (Fsp3) is 0.575. The molecule has 0 spiro atoms. The lowest BCUT2D eigenvalue weighted by Crippen LogP contribution is -2.61.